The Labute approximate surface area is 173 Å². The van der Waals surface area contributed by atoms with Crippen molar-refractivity contribution in [2.24, 2.45) is 0 Å². The van der Waals surface area contributed by atoms with Gasteiger partial charge < -0.3 is 10.1 Å². The van der Waals surface area contributed by atoms with Crippen LogP contribution in [-0.2, 0) is 10.2 Å². The van der Waals surface area contributed by atoms with E-state index in [1.807, 2.05) is 49.4 Å². The third-order valence-electron chi connectivity index (χ3n) is 4.87. The maximum atomic E-state index is 12.1. The summed E-state index contributed by atoms with van der Waals surface area (Å²) in [5, 5.41) is 2.66. The lowest BCUT2D eigenvalue weighted by Crippen LogP contribution is -2.50. The predicted molar refractivity (Wildman–Crippen MR) is 115 cm³/mol. The Bertz CT molecular complexity index is 789. The average Bonchev–Trinajstić information content (AvgIpc) is 2.73. The molecule has 0 saturated carbocycles. The Kier molecular flexibility index (Phi) is 8.07. The second-order valence-electron chi connectivity index (χ2n) is 7.50. The minimum Gasteiger partial charge on any atom is -0.481 e. The molecule has 1 atom stereocenters. The lowest BCUT2D eigenvalue weighted by atomic mass is 9.78. The van der Waals surface area contributed by atoms with Gasteiger partial charge in [0.15, 0.2) is 6.10 Å². The zero-order valence-corrected chi connectivity index (χ0v) is 17.6. The summed E-state index contributed by atoms with van der Waals surface area (Å²) in [6.07, 6.45) is 1.12. The van der Waals surface area contributed by atoms with Crippen LogP contribution >= 0.6 is 0 Å². The molecule has 0 aliphatic rings. The lowest BCUT2D eigenvalue weighted by molar-refractivity contribution is -0.128. The number of amides is 3. The molecule has 0 aromatic heterocycles. The van der Waals surface area contributed by atoms with E-state index in [1.54, 1.807) is 6.92 Å². The maximum absolute atomic E-state index is 12.1. The number of hydrazine groups is 1. The second-order valence-corrected chi connectivity index (χ2v) is 7.50. The Morgan fingerprint density at radius 1 is 0.966 bits per heavy atom. The number of urea groups is 1. The zero-order chi connectivity index (χ0) is 21.3. The number of carbonyl (C=O) groups excluding carboxylic acids is 2. The summed E-state index contributed by atoms with van der Waals surface area (Å²) in [5.74, 6) is 0.164. The highest BCUT2D eigenvalue weighted by Crippen LogP contribution is 2.32. The summed E-state index contributed by atoms with van der Waals surface area (Å²) in [4.78, 5) is 23.7. The standard InChI is InChI=1S/C23H31N3O3/c1-5-6-16-24-22(28)26-25-21(27)17(2)29-20-14-12-19(13-15-20)23(3,4)18-10-8-7-9-11-18/h7-15,17H,5-6,16H2,1-4H3,(H,25,27)(H2,24,26,28)/t17-/m1/s1. The number of unbranched alkanes of at least 4 members (excludes halogenated alkanes) is 1. The van der Waals surface area contributed by atoms with Crippen molar-refractivity contribution in [1.82, 2.24) is 16.2 Å². The summed E-state index contributed by atoms with van der Waals surface area (Å²) >= 11 is 0. The van der Waals surface area contributed by atoms with Crippen LogP contribution in [0, 0.1) is 0 Å². The molecule has 6 nitrogen and oxygen atoms in total. The van der Waals surface area contributed by atoms with E-state index in [4.69, 9.17) is 4.74 Å². The monoisotopic (exact) mass is 397 g/mol. The van der Waals surface area contributed by atoms with E-state index in [-0.39, 0.29) is 5.41 Å². The van der Waals surface area contributed by atoms with E-state index in [0.717, 1.165) is 18.4 Å². The van der Waals surface area contributed by atoms with Gasteiger partial charge in [0.25, 0.3) is 5.91 Å². The van der Waals surface area contributed by atoms with Gasteiger partial charge in [-0.25, -0.2) is 10.2 Å². The van der Waals surface area contributed by atoms with Crippen LogP contribution in [0.4, 0.5) is 4.79 Å². The smallest absolute Gasteiger partial charge is 0.333 e. The molecule has 0 bridgehead atoms. The molecule has 29 heavy (non-hydrogen) atoms. The van der Waals surface area contributed by atoms with Crippen LogP contribution in [0.2, 0.25) is 0 Å². The summed E-state index contributed by atoms with van der Waals surface area (Å²) in [6.45, 7) is 8.58. The first-order valence-electron chi connectivity index (χ1n) is 10.0. The van der Waals surface area contributed by atoms with E-state index in [9.17, 15) is 9.59 Å². The Morgan fingerprint density at radius 2 is 1.59 bits per heavy atom. The van der Waals surface area contributed by atoms with E-state index < -0.39 is 18.0 Å². The number of benzene rings is 2. The fourth-order valence-corrected chi connectivity index (χ4v) is 2.87. The highest BCUT2D eigenvalue weighted by atomic mass is 16.5. The lowest BCUT2D eigenvalue weighted by Gasteiger charge is -2.26. The Balaban J connectivity index is 1.88. The van der Waals surface area contributed by atoms with Gasteiger partial charge in [0.05, 0.1) is 0 Å². The van der Waals surface area contributed by atoms with Crippen molar-refractivity contribution in [3.8, 4) is 5.75 Å². The summed E-state index contributed by atoms with van der Waals surface area (Å²) in [6, 6.07) is 17.6. The molecule has 0 fully saturated rings. The van der Waals surface area contributed by atoms with Gasteiger partial charge in [-0.2, -0.15) is 0 Å². The van der Waals surface area contributed by atoms with Gasteiger partial charge in [0, 0.05) is 12.0 Å². The minimum atomic E-state index is -0.751. The van der Waals surface area contributed by atoms with Crippen molar-refractivity contribution in [3.05, 3.63) is 65.7 Å². The van der Waals surface area contributed by atoms with Crippen molar-refractivity contribution in [2.75, 3.05) is 6.54 Å². The van der Waals surface area contributed by atoms with E-state index in [2.05, 4.69) is 42.1 Å². The Hall–Kier alpha value is -3.02. The van der Waals surface area contributed by atoms with E-state index in [0.29, 0.717) is 12.3 Å². The SMILES string of the molecule is CCCCNC(=O)NNC(=O)[C@@H](C)Oc1ccc(C(C)(C)c2ccccc2)cc1. The van der Waals surface area contributed by atoms with Crippen LogP contribution < -0.4 is 20.9 Å². The molecule has 0 radical (unpaired) electrons. The maximum Gasteiger partial charge on any atom is 0.333 e. The van der Waals surface area contributed by atoms with Gasteiger partial charge in [-0.1, -0.05) is 69.7 Å². The highest BCUT2D eigenvalue weighted by Gasteiger charge is 2.23. The third kappa shape index (κ3) is 6.52. The molecule has 2 rings (SSSR count). The molecule has 0 heterocycles. The Morgan fingerprint density at radius 3 is 2.21 bits per heavy atom. The van der Waals surface area contributed by atoms with Crippen molar-refractivity contribution < 1.29 is 14.3 Å². The van der Waals surface area contributed by atoms with Gasteiger partial charge >= 0.3 is 6.03 Å². The van der Waals surface area contributed by atoms with Crippen LogP contribution in [0.5, 0.6) is 5.75 Å². The van der Waals surface area contributed by atoms with Gasteiger partial charge in [0.2, 0.25) is 0 Å². The quantitative estimate of drug-likeness (QED) is 0.467. The molecule has 6 heteroatoms. The number of hydrogen-bond donors (Lipinski definition) is 3. The number of ether oxygens (including phenoxy) is 1. The average molecular weight is 398 g/mol. The fourth-order valence-electron chi connectivity index (χ4n) is 2.87. The van der Waals surface area contributed by atoms with Gasteiger partial charge in [-0.05, 0) is 36.6 Å². The van der Waals surface area contributed by atoms with Crippen molar-refractivity contribution in [3.63, 3.8) is 0 Å². The van der Waals surface area contributed by atoms with Crippen LogP contribution in [-0.4, -0.2) is 24.6 Å². The number of nitrogens with one attached hydrogen (secondary N) is 3. The molecule has 0 unspecified atom stereocenters. The molecule has 156 valence electrons. The van der Waals surface area contributed by atoms with E-state index >= 15 is 0 Å². The van der Waals surface area contributed by atoms with Crippen LogP contribution in [0.1, 0.15) is 51.7 Å². The van der Waals surface area contributed by atoms with Gasteiger partial charge in [0.1, 0.15) is 5.75 Å². The molecule has 0 aliphatic heterocycles. The molecular weight excluding hydrogens is 366 g/mol. The first-order valence-corrected chi connectivity index (χ1v) is 10.0. The molecule has 3 amide bonds. The largest absolute Gasteiger partial charge is 0.481 e. The summed E-state index contributed by atoms with van der Waals surface area (Å²) < 4.78 is 5.70. The summed E-state index contributed by atoms with van der Waals surface area (Å²) in [5.41, 5.74) is 6.92. The highest BCUT2D eigenvalue weighted by molar-refractivity contribution is 5.84. The zero-order valence-electron chi connectivity index (χ0n) is 17.6. The number of hydrogen-bond acceptors (Lipinski definition) is 3. The molecule has 0 saturated heterocycles. The third-order valence-corrected chi connectivity index (χ3v) is 4.87. The van der Waals surface area contributed by atoms with Crippen molar-refractivity contribution in [1.29, 1.82) is 0 Å². The number of rotatable bonds is 8. The first-order chi connectivity index (χ1) is 13.8. The molecule has 0 spiro atoms. The van der Waals surface area contributed by atoms with Crippen molar-refractivity contribution >= 4 is 11.9 Å². The first kappa shape index (κ1) is 22.3. The van der Waals surface area contributed by atoms with Crippen LogP contribution in [0.25, 0.3) is 0 Å². The fraction of sp³-hybridized carbons (Fsp3) is 0.391. The molecule has 0 aliphatic carbocycles. The predicted octanol–water partition coefficient (Wildman–Crippen LogP) is 3.91. The second kappa shape index (κ2) is 10.5. The van der Waals surface area contributed by atoms with Crippen molar-refractivity contribution in [2.45, 2.75) is 52.1 Å². The number of carbonyl (C=O) groups is 2. The molecule has 2 aromatic carbocycles. The minimum absolute atomic E-state index is 0.141. The van der Waals surface area contributed by atoms with Crippen LogP contribution in [0.15, 0.2) is 54.6 Å². The van der Waals surface area contributed by atoms with Crippen LogP contribution in [0.3, 0.4) is 0 Å². The van der Waals surface area contributed by atoms with Gasteiger partial charge in [-0.3, -0.25) is 10.2 Å². The molecule has 3 N–H and O–H groups in total. The molecular formula is C23H31N3O3. The summed E-state index contributed by atoms with van der Waals surface area (Å²) in [7, 11) is 0. The molecule has 2 aromatic rings. The van der Waals surface area contributed by atoms with Gasteiger partial charge in [-0.15, -0.1) is 0 Å². The topological polar surface area (TPSA) is 79.5 Å². The van der Waals surface area contributed by atoms with E-state index in [1.165, 1.54) is 5.56 Å². The normalized spacial score (nSPS) is 12.0.